The van der Waals surface area contributed by atoms with E-state index in [-0.39, 0.29) is 11.1 Å². The second-order valence-electron chi connectivity index (χ2n) is 9.00. The largest absolute Gasteiger partial charge is 0.478 e. The Morgan fingerprint density at radius 3 is 1.55 bits per heavy atom. The van der Waals surface area contributed by atoms with Gasteiger partial charge < -0.3 is 4.74 Å². The molecule has 0 spiro atoms. The lowest BCUT2D eigenvalue weighted by Crippen LogP contribution is -2.40. The van der Waals surface area contributed by atoms with Gasteiger partial charge >= 0.3 is 6.18 Å². The third-order valence-corrected chi connectivity index (χ3v) is 6.48. The molecule has 0 heterocycles. The van der Waals surface area contributed by atoms with E-state index in [1.807, 2.05) is 74.5 Å². The van der Waals surface area contributed by atoms with Gasteiger partial charge in [0.25, 0.3) is 0 Å². The highest BCUT2D eigenvalue weighted by molar-refractivity contribution is 6.00. The minimum Gasteiger partial charge on any atom is -0.478 e. The van der Waals surface area contributed by atoms with Crippen LogP contribution in [0.1, 0.15) is 43.0 Å². The fourth-order valence-electron chi connectivity index (χ4n) is 4.19. The van der Waals surface area contributed by atoms with Crippen molar-refractivity contribution in [2.24, 2.45) is 9.98 Å². The molecular weight excluding hydrogens is 485 g/mol. The molecule has 3 nitrogen and oxygen atoms in total. The molecule has 0 radical (unpaired) electrons. The molecule has 0 fully saturated rings. The summed E-state index contributed by atoms with van der Waals surface area (Å²) in [5.74, 6) is 0.418. The fraction of sp³-hybridized carbons (Fsp3) is 0.188. The third kappa shape index (κ3) is 5.86. The average Bonchev–Trinajstić information content (AvgIpc) is 2.93. The van der Waals surface area contributed by atoms with Crippen LogP contribution in [0.3, 0.4) is 0 Å². The van der Waals surface area contributed by atoms with Crippen molar-refractivity contribution >= 4 is 23.0 Å². The zero-order valence-electron chi connectivity index (χ0n) is 21.5. The summed E-state index contributed by atoms with van der Waals surface area (Å²) in [4.78, 5) is 9.11. The number of halogens is 3. The number of rotatable bonds is 7. The first-order chi connectivity index (χ1) is 18.2. The lowest BCUT2D eigenvalue weighted by atomic mass is 9.75. The molecule has 4 aromatic rings. The summed E-state index contributed by atoms with van der Waals surface area (Å²) in [7, 11) is 0. The Morgan fingerprint density at radius 1 is 0.658 bits per heavy atom. The van der Waals surface area contributed by atoms with Crippen LogP contribution in [0.4, 0.5) is 24.5 Å². The Labute approximate surface area is 221 Å². The zero-order valence-corrected chi connectivity index (χ0v) is 21.5. The van der Waals surface area contributed by atoms with Crippen LogP contribution in [-0.2, 0) is 10.2 Å². The second kappa shape index (κ2) is 11.5. The number of hydrogen-bond acceptors (Lipinski definition) is 3. The van der Waals surface area contributed by atoms with E-state index < -0.39 is 11.6 Å². The molecule has 194 valence electrons. The van der Waals surface area contributed by atoms with Crippen molar-refractivity contribution in [3.63, 3.8) is 0 Å². The Balaban J connectivity index is 1.65. The van der Waals surface area contributed by atoms with Gasteiger partial charge in [-0.05, 0) is 73.9 Å². The van der Waals surface area contributed by atoms with Gasteiger partial charge in [-0.15, -0.1) is 0 Å². The first kappa shape index (κ1) is 26.9. The van der Waals surface area contributed by atoms with Gasteiger partial charge in [0.15, 0.2) is 0 Å². The summed E-state index contributed by atoms with van der Waals surface area (Å²) < 4.78 is 49.4. The van der Waals surface area contributed by atoms with E-state index in [1.165, 1.54) is 31.2 Å². The fourth-order valence-corrected chi connectivity index (χ4v) is 4.19. The first-order valence-corrected chi connectivity index (χ1v) is 12.4. The minimum atomic E-state index is -4.52. The van der Waals surface area contributed by atoms with E-state index in [4.69, 9.17) is 4.74 Å². The summed E-state index contributed by atoms with van der Waals surface area (Å²) in [5, 5.41) is 0. The van der Waals surface area contributed by atoms with E-state index in [1.54, 1.807) is 24.3 Å². The van der Waals surface area contributed by atoms with Crippen LogP contribution < -0.4 is 0 Å². The Bertz CT molecular complexity index is 1400. The predicted octanol–water partition coefficient (Wildman–Crippen LogP) is 8.81. The summed E-state index contributed by atoms with van der Waals surface area (Å²) in [6.07, 6.45) is -4.52. The standard InChI is InChI=1S/C32H29F3N2O/c1-4-38-30(25-13-9-6-10-14-25)37-29-21-17-27(18-22-29)31(3,32(33,34)35)26-15-19-28(20-16-26)36-23(2)24-11-7-5-8-12-24/h5-22H,4H2,1-3H3. The molecule has 4 aromatic carbocycles. The van der Waals surface area contributed by atoms with E-state index in [9.17, 15) is 13.2 Å². The molecule has 0 aliphatic rings. The molecule has 38 heavy (non-hydrogen) atoms. The lowest BCUT2D eigenvalue weighted by molar-refractivity contribution is -0.173. The van der Waals surface area contributed by atoms with Crippen molar-refractivity contribution < 1.29 is 17.9 Å². The van der Waals surface area contributed by atoms with Gasteiger partial charge in [-0.2, -0.15) is 13.2 Å². The van der Waals surface area contributed by atoms with Crippen LogP contribution in [0.2, 0.25) is 0 Å². The highest BCUT2D eigenvalue weighted by Crippen LogP contribution is 2.46. The van der Waals surface area contributed by atoms with E-state index >= 15 is 0 Å². The van der Waals surface area contributed by atoms with Crippen LogP contribution in [0.5, 0.6) is 0 Å². The molecule has 1 atom stereocenters. The number of aliphatic imine (C=N–C) groups is 2. The van der Waals surface area contributed by atoms with E-state index in [2.05, 4.69) is 9.98 Å². The van der Waals surface area contributed by atoms with E-state index in [0.717, 1.165) is 16.8 Å². The molecule has 0 bridgehead atoms. The van der Waals surface area contributed by atoms with Crippen molar-refractivity contribution in [1.29, 1.82) is 0 Å². The summed E-state index contributed by atoms with van der Waals surface area (Å²) in [6, 6.07) is 31.4. The minimum absolute atomic E-state index is 0.123. The van der Waals surface area contributed by atoms with Gasteiger partial charge in [-0.3, -0.25) is 4.99 Å². The molecule has 0 N–H and O–H groups in total. The van der Waals surface area contributed by atoms with Crippen molar-refractivity contribution in [3.05, 3.63) is 131 Å². The molecule has 6 heteroatoms. The van der Waals surface area contributed by atoms with Gasteiger partial charge in [-0.1, -0.05) is 72.8 Å². The molecule has 0 amide bonds. The molecule has 0 aliphatic heterocycles. The Hall–Kier alpha value is -4.19. The molecule has 4 rings (SSSR count). The molecule has 1 unspecified atom stereocenters. The van der Waals surface area contributed by atoms with Gasteiger partial charge in [0.1, 0.15) is 5.41 Å². The normalized spacial score (nSPS) is 14.2. The monoisotopic (exact) mass is 514 g/mol. The summed E-state index contributed by atoms with van der Waals surface area (Å²) in [6.45, 7) is 5.36. The number of alkyl halides is 3. The summed E-state index contributed by atoms with van der Waals surface area (Å²) in [5.41, 5.74) is 1.68. The zero-order chi connectivity index (χ0) is 27.2. The molecule has 0 aromatic heterocycles. The maximum absolute atomic E-state index is 14.6. The highest BCUT2D eigenvalue weighted by atomic mass is 19.4. The van der Waals surface area contributed by atoms with Crippen LogP contribution in [-0.4, -0.2) is 24.4 Å². The van der Waals surface area contributed by atoms with Crippen molar-refractivity contribution in [2.45, 2.75) is 32.4 Å². The quantitative estimate of drug-likeness (QED) is 0.179. The highest BCUT2D eigenvalue weighted by Gasteiger charge is 2.53. The maximum atomic E-state index is 14.6. The van der Waals surface area contributed by atoms with Gasteiger partial charge in [-0.25, -0.2) is 4.99 Å². The Kier molecular flexibility index (Phi) is 8.10. The van der Waals surface area contributed by atoms with Crippen molar-refractivity contribution in [3.8, 4) is 0 Å². The lowest BCUT2D eigenvalue weighted by Gasteiger charge is -2.33. The molecule has 0 saturated carbocycles. The average molecular weight is 515 g/mol. The molecular formula is C32H29F3N2O. The number of benzene rings is 4. The smallest absolute Gasteiger partial charge is 0.402 e. The Morgan fingerprint density at radius 2 is 1.11 bits per heavy atom. The third-order valence-electron chi connectivity index (χ3n) is 6.48. The summed E-state index contributed by atoms with van der Waals surface area (Å²) >= 11 is 0. The van der Waals surface area contributed by atoms with Crippen LogP contribution in [0.15, 0.2) is 119 Å². The number of nitrogens with zero attached hydrogens (tertiary/aromatic N) is 2. The van der Waals surface area contributed by atoms with Crippen molar-refractivity contribution in [2.75, 3.05) is 6.61 Å². The van der Waals surface area contributed by atoms with Gasteiger partial charge in [0, 0.05) is 11.3 Å². The molecule has 0 aliphatic carbocycles. The number of hydrogen-bond donors (Lipinski definition) is 0. The van der Waals surface area contributed by atoms with Crippen LogP contribution >= 0.6 is 0 Å². The van der Waals surface area contributed by atoms with E-state index in [0.29, 0.717) is 23.9 Å². The maximum Gasteiger partial charge on any atom is 0.402 e. The number of ether oxygens (including phenoxy) is 1. The van der Waals surface area contributed by atoms with Gasteiger partial charge in [0.05, 0.1) is 18.0 Å². The van der Waals surface area contributed by atoms with Gasteiger partial charge in [0.2, 0.25) is 5.90 Å². The van der Waals surface area contributed by atoms with Crippen LogP contribution in [0.25, 0.3) is 0 Å². The first-order valence-electron chi connectivity index (χ1n) is 12.4. The predicted molar refractivity (Wildman–Crippen MR) is 148 cm³/mol. The topological polar surface area (TPSA) is 34.0 Å². The SMILES string of the molecule is CCOC(=Nc1ccc(C(C)(c2ccc(N=C(C)c3ccccc3)cc2)C(F)(F)F)cc1)c1ccccc1. The van der Waals surface area contributed by atoms with Crippen LogP contribution in [0, 0.1) is 0 Å². The molecule has 0 saturated heterocycles. The second-order valence-corrected chi connectivity index (χ2v) is 9.00. The van der Waals surface area contributed by atoms with Crippen molar-refractivity contribution in [1.82, 2.24) is 0 Å².